The molecule has 0 radical (unpaired) electrons. The number of unbranched alkanes of at least 4 members (excludes halogenated alkanes) is 14. The van der Waals surface area contributed by atoms with Crippen molar-refractivity contribution in [3.63, 3.8) is 0 Å². The summed E-state index contributed by atoms with van der Waals surface area (Å²) >= 11 is 0. The molecule has 1 N–H and O–H groups in total. The normalized spacial score (nSPS) is 12.7. The third-order valence-corrected chi connectivity index (χ3v) is 4.98. The molecule has 0 aliphatic carbocycles. The molecule has 0 aliphatic heterocycles. The summed E-state index contributed by atoms with van der Waals surface area (Å²) < 4.78 is 0. The van der Waals surface area contributed by atoms with Gasteiger partial charge < -0.3 is 5.32 Å². The molecular weight excluding hydrogens is 278 g/mol. The third kappa shape index (κ3) is 19.9. The molecule has 1 heteroatoms. The van der Waals surface area contributed by atoms with Crippen LogP contribution >= 0.6 is 0 Å². The first-order chi connectivity index (χ1) is 11.3. The Balaban J connectivity index is 3.02. The van der Waals surface area contributed by atoms with E-state index in [1.54, 1.807) is 0 Å². The minimum Gasteiger partial charge on any atom is -0.314 e. The summed E-state index contributed by atoms with van der Waals surface area (Å²) in [5, 5.41) is 3.58. The van der Waals surface area contributed by atoms with Crippen LogP contribution in [-0.4, -0.2) is 12.6 Å². The van der Waals surface area contributed by atoms with Crippen LogP contribution in [0, 0.1) is 0 Å². The van der Waals surface area contributed by atoms with Gasteiger partial charge in [-0.15, -0.1) is 0 Å². The van der Waals surface area contributed by atoms with E-state index in [1.165, 1.54) is 116 Å². The molecule has 23 heavy (non-hydrogen) atoms. The lowest BCUT2D eigenvalue weighted by atomic mass is 10.0. The van der Waals surface area contributed by atoms with Gasteiger partial charge >= 0.3 is 0 Å². The van der Waals surface area contributed by atoms with Gasteiger partial charge in [0.25, 0.3) is 0 Å². The first-order valence-electron chi connectivity index (χ1n) is 11.0. The molecule has 0 amide bonds. The largest absolute Gasteiger partial charge is 0.314 e. The molecule has 0 spiro atoms. The minimum atomic E-state index is 0.719. The number of hydrogen-bond donors (Lipinski definition) is 1. The van der Waals surface area contributed by atoms with Crippen LogP contribution in [0.25, 0.3) is 0 Å². The fourth-order valence-corrected chi connectivity index (χ4v) is 3.31. The zero-order chi connectivity index (χ0) is 17.0. The van der Waals surface area contributed by atoms with Gasteiger partial charge in [0.15, 0.2) is 0 Å². The van der Waals surface area contributed by atoms with Gasteiger partial charge in [0.2, 0.25) is 0 Å². The molecule has 0 aromatic heterocycles. The quantitative estimate of drug-likeness (QED) is 0.241. The first-order valence-corrected chi connectivity index (χ1v) is 11.0. The van der Waals surface area contributed by atoms with E-state index in [-0.39, 0.29) is 0 Å². The van der Waals surface area contributed by atoms with Crippen LogP contribution in [-0.2, 0) is 0 Å². The van der Waals surface area contributed by atoms with Gasteiger partial charge in [-0.05, 0) is 26.3 Å². The van der Waals surface area contributed by atoms with E-state index in [0.717, 1.165) is 6.04 Å². The first kappa shape index (κ1) is 23.0. The lowest BCUT2D eigenvalue weighted by molar-refractivity contribution is 0.475. The number of hydrogen-bond acceptors (Lipinski definition) is 1. The average Bonchev–Trinajstić information content (AvgIpc) is 2.56. The van der Waals surface area contributed by atoms with Crippen LogP contribution in [0.5, 0.6) is 0 Å². The van der Waals surface area contributed by atoms with Gasteiger partial charge in [-0.25, -0.2) is 0 Å². The van der Waals surface area contributed by atoms with Gasteiger partial charge in [-0.3, -0.25) is 0 Å². The summed E-state index contributed by atoms with van der Waals surface area (Å²) in [5.41, 5.74) is 0. The Bertz CT molecular complexity index is 202. The zero-order valence-electron chi connectivity index (χ0n) is 16.8. The predicted octanol–water partition coefficient (Wildman–Crippen LogP) is 7.64. The molecule has 0 bridgehead atoms. The topological polar surface area (TPSA) is 12.0 Å². The monoisotopic (exact) mass is 325 g/mol. The Hall–Kier alpha value is -0.0400. The summed E-state index contributed by atoms with van der Waals surface area (Å²) in [6.07, 6.45) is 24.5. The maximum Gasteiger partial charge on any atom is 0.00387 e. The smallest absolute Gasteiger partial charge is 0.00387 e. The summed E-state index contributed by atoms with van der Waals surface area (Å²) in [6, 6.07) is 0.719. The molecule has 1 nitrogen and oxygen atoms in total. The van der Waals surface area contributed by atoms with E-state index in [1.807, 2.05) is 0 Å². The van der Waals surface area contributed by atoms with Gasteiger partial charge in [-0.1, -0.05) is 110 Å². The van der Waals surface area contributed by atoms with E-state index in [0.29, 0.717) is 0 Å². The van der Waals surface area contributed by atoms with E-state index in [2.05, 4.69) is 26.1 Å². The van der Waals surface area contributed by atoms with Crippen molar-refractivity contribution in [2.75, 3.05) is 6.54 Å². The van der Waals surface area contributed by atoms with E-state index in [9.17, 15) is 0 Å². The highest BCUT2D eigenvalue weighted by atomic mass is 14.9. The summed E-state index contributed by atoms with van der Waals surface area (Å²) in [5.74, 6) is 0. The molecule has 1 unspecified atom stereocenters. The van der Waals surface area contributed by atoms with Gasteiger partial charge in [0.05, 0.1) is 0 Å². The highest BCUT2D eigenvalue weighted by Crippen LogP contribution is 2.14. The van der Waals surface area contributed by atoms with Crippen molar-refractivity contribution in [1.29, 1.82) is 0 Å². The molecule has 0 aliphatic rings. The van der Waals surface area contributed by atoms with Gasteiger partial charge in [0, 0.05) is 6.04 Å². The molecular formula is C22H47N. The molecule has 0 rings (SSSR count). The van der Waals surface area contributed by atoms with E-state index >= 15 is 0 Å². The van der Waals surface area contributed by atoms with Crippen LogP contribution in [0.1, 0.15) is 130 Å². The van der Waals surface area contributed by atoms with Gasteiger partial charge in [-0.2, -0.15) is 0 Å². The Morgan fingerprint density at radius 3 is 1.30 bits per heavy atom. The van der Waals surface area contributed by atoms with Crippen molar-refractivity contribution in [3.05, 3.63) is 0 Å². The van der Waals surface area contributed by atoms with Crippen LogP contribution in [0.15, 0.2) is 0 Å². The maximum atomic E-state index is 3.58. The molecule has 140 valence electrons. The molecule has 0 heterocycles. The molecule has 0 aromatic carbocycles. The zero-order valence-corrected chi connectivity index (χ0v) is 16.8. The van der Waals surface area contributed by atoms with Crippen molar-refractivity contribution < 1.29 is 0 Å². The van der Waals surface area contributed by atoms with Crippen LogP contribution < -0.4 is 5.32 Å². The molecule has 0 fully saturated rings. The second kappa shape index (κ2) is 20.0. The summed E-state index contributed by atoms with van der Waals surface area (Å²) in [7, 11) is 0. The SMILES string of the molecule is CCCCCCCCCCCCCCCCCC(C)NCCC. The Kier molecular flexibility index (Phi) is 20.0. The van der Waals surface area contributed by atoms with E-state index in [4.69, 9.17) is 0 Å². The van der Waals surface area contributed by atoms with Crippen molar-refractivity contribution in [3.8, 4) is 0 Å². The molecule has 1 atom stereocenters. The van der Waals surface area contributed by atoms with Crippen molar-refractivity contribution >= 4 is 0 Å². The third-order valence-electron chi connectivity index (χ3n) is 4.98. The molecule has 0 aromatic rings. The van der Waals surface area contributed by atoms with E-state index < -0.39 is 0 Å². The summed E-state index contributed by atoms with van der Waals surface area (Å²) in [6.45, 7) is 8.05. The number of nitrogens with one attached hydrogen (secondary N) is 1. The highest BCUT2D eigenvalue weighted by Gasteiger charge is 1.99. The average molecular weight is 326 g/mol. The van der Waals surface area contributed by atoms with Crippen molar-refractivity contribution in [2.24, 2.45) is 0 Å². The fourth-order valence-electron chi connectivity index (χ4n) is 3.31. The minimum absolute atomic E-state index is 0.719. The van der Waals surface area contributed by atoms with Crippen LogP contribution in [0.3, 0.4) is 0 Å². The lowest BCUT2D eigenvalue weighted by Gasteiger charge is -2.12. The Morgan fingerprint density at radius 1 is 0.522 bits per heavy atom. The molecule has 0 saturated heterocycles. The summed E-state index contributed by atoms with van der Waals surface area (Å²) in [4.78, 5) is 0. The maximum absolute atomic E-state index is 3.58. The number of rotatable bonds is 19. The van der Waals surface area contributed by atoms with Crippen LogP contribution in [0.4, 0.5) is 0 Å². The lowest BCUT2D eigenvalue weighted by Crippen LogP contribution is -2.26. The second-order valence-electron chi connectivity index (χ2n) is 7.59. The van der Waals surface area contributed by atoms with Gasteiger partial charge in [0.1, 0.15) is 0 Å². The predicted molar refractivity (Wildman–Crippen MR) is 107 cm³/mol. The standard InChI is InChI=1S/C22H47N/c1-4-6-7-8-9-10-11-12-13-14-15-16-17-18-19-20-22(3)23-21-5-2/h22-23H,4-21H2,1-3H3. The molecule has 0 saturated carbocycles. The highest BCUT2D eigenvalue weighted by molar-refractivity contribution is 4.60. The Labute approximate surface area is 148 Å². The van der Waals surface area contributed by atoms with Crippen molar-refractivity contribution in [1.82, 2.24) is 5.32 Å². The van der Waals surface area contributed by atoms with Crippen molar-refractivity contribution in [2.45, 2.75) is 136 Å². The van der Waals surface area contributed by atoms with Crippen LogP contribution in [0.2, 0.25) is 0 Å². The Morgan fingerprint density at radius 2 is 0.913 bits per heavy atom. The second-order valence-corrected chi connectivity index (χ2v) is 7.59. The fraction of sp³-hybridized carbons (Fsp3) is 1.00.